The van der Waals surface area contributed by atoms with Gasteiger partial charge in [-0.15, -0.1) is 0 Å². The number of aromatic nitrogens is 2. The Balaban J connectivity index is 1.28. The van der Waals surface area contributed by atoms with Crippen LogP contribution in [0.2, 0.25) is 0 Å². The van der Waals surface area contributed by atoms with E-state index in [0.717, 1.165) is 42.1 Å². The summed E-state index contributed by atoms with van der Waals surface area (Å²) < 4.78 is 19.5. The van der Waals surface area contributed by atoms with Crippen LogP contribution in [0.4, 0.5) is 0 Å². The van der Waals surface area contributed by atoms with Gasteiger partial charge in [-0.1, -0.05) is 24.3 Å². The molecule has 1 aromatic heterocycles. The maximum absolute atomic E-state index is 11.2. The smallest absolute Gasteiger partial charge is 0.134 e. The molecule has 1 saturated heterocycles. The SMILES string of the molecule is Cc1cccc(OCC2(O)COCCN(Cc3cccc(OCCCn4cc(C)cn4)c3)C2)c1. The third kappa shape index (κ3) is 7.32. The van der Waals surface area contributed by atoms with Crippen molar-refractivity contribution >= 4 is 0 Å². The van der Waals surface area contributed by atoms with Crippen molar-refractivity contribution in [1.29, 1.82) is 0 Å². The highest BCUT2D eigenvalue weighted by molar-refractivity contribution is 5.29. The van der Waals surface area contributed by atoms with Crippen LogP contribution in [0.25, 0.3) is 0 Å². The van der Waals surface area contributed by atoms with E-state index >= 15 is 0 Å². The molecule has 4 rings (SSSR count). The van der Waals surface area contributed by atoms with E-state index in [1.54, 1.807) is 0 Å². The molecule has 1 fully saturated rings. The Hall–Kier alpha value is -2.87. The van der Waals surface area contributed by atoms with Gasteiger partial charge in [-0.05, 0) is 54.8 Å². The molecule has 182 valence electrons. The monoisotopic (exact) mass is 465 g/mol. The maximum atomic E-state index is 11.2. The molecule has 34 heavy (non-hydrogen) atoms. The van der Waals surface area contributed by atoms with Crippen molar-refractivity contribution in [3.05, 3.63) is 77.6 Å². The molecular weight excluding hydrogens is 430 g/mol. The lowest BCUT2D eigenvalue weighted by Crippen LogP contribution is -2.48. The fourth-order valence-electron chi connectivity index (χ4n) is 4.14. The molecule has 1 N–H and O–H groups in total. The lowest BCUT2D eigenvalue weighted by Gasteiger charge is -2.30. The van der Waals surface area contributed by atoms with E-state index in [1.807, 2.05) is 67.3 Å². The van der Waals surface area contributed by atoms with Gasteiger partial charge >= 0.3 is 0 Å². The van der Waals surface area contributed by atoms with Crippen molar-refractivity contribution in [2.75, 3.05) is 39.5 Å². The van der Waals surface area contributed by atoms with Gasteiger partial charge in [-0.2, -0.15) is 5.10 Å². The predicted octanol–water partition coefficient (Wildman–Crippen LogP) is 3.61. The number of benzene rings is 2. The Morgan fingerprint density at radius 2 is 1.88 bits per heavy atom. The van der Waals surface area contributed by atoms with Gasteiger partial charge in [0.1, 0.15) is 23.7 Å². The van der Waals surface area contributed by atoms with E-state index in [1.165, 1.54) is 5.56 Å². The summed E-state index contributed by atoms with van der Waals surface area (Å²) in [6.07, 6.45) is 4.80. The Bertz CT molecular complexity index is 1050. The topological polar surface area (TPSA) is 69.0 Å². The standard InChI is InChI=1S/C27H35N3O4/c1-22-6-3-8-25(14-22)34-21-27(31)19-29(11-13-32-20-27)18-24-7-4-9-26(15-24)33-12-5-10-30-17-23(2)16-28-30/h3-4,6-9,14-17,31H,5,10-13,18-21H2,1-2H3. The van der Waals surface area contributed by atoms with E-state index < -0.39 is 5.60 Å². The largest absolute Gasteiger partial charge is 0.494 e. The van der Waals surface area contributed by atoms with Gasteiger partial charge in [0.15, 0.2) is 0 Å². The van der Waals surface area contributed by atoms with Crippen molar-refractivity contribution < 1.29 is 19.3 Å². The minimum atomic E-state index is -1.07. The number of rotatable bonds is 10. The molecule has 1 unspecified atom stereocenters. The second-order valence-corrected chi connectivity index (χ2v) is 9.22. The van der Waals surface area contributed by atoms with Crippen molar-refractivity contribution in [3.8, 4) is 11.5 Å². The quantitative estimate of drug-likeness (QED) is 0.462. The number of ether oxygens (including phenoxy) is 3. The average molecular weight is 466 g/mol. The van der Waals surface area contributed by atoms with Crippen LogP contribution in [0.5, 0.6) is 11.5 Å². The first-order valence-corrected chi connectivity index (χ1v) is 11.9. The minimum absolute atomic E-state index is 0.186. The number of aliphatic hydroxyl groups is 1. The fraction of sp³-hybridized carbons (Fsp3) is 0.444. The van der Waals surface area contributed by atoms with E-state index in [-0.39, 0.29) is 13.2 Å². The Morgan fingerprint density at radius 3 is 2.68 bits per heavy atom. The minimum Gasteiger partial charge on any atom is -0.494 e. The molecule has 7 heteroatoms. The third-order valence-corrected chi connectivity index (χ3v) is 5.80. The van der Waals surface area contributed by atoms with Crippen LogP contribution < -0.4 is 9.47 Å². The molecule has 0 aliphatic carbocycles. The van der Waals surface area contributed by atoms with Crippen LogP contribution in [-0.4, -0.2) is 64.9 Å². The Morgan fingerprint density at radius 1 is 1.06 bits per heavy atom. The van der Waals surface area contributed by atoms with Gasteiger partial charge in [-0.25, -0.2) is 0 Å². The lowest BCUT2D eigenvalue weighted by atomic mass is 10.1. The van der Waals surface area contributed by atoms with Crippen LogP contribution in [-0.2, 0) is 17.8 Å². The third-order valence-electron chi connectivity index (χ3n) is 5.80. The molecule has 2 aromatic carbocycles. The molecular formula is C27H35N3O4. The number of aryl methyl sites for hydroxylation is 3. The first kappa shape index (κ1) is 24.3. The second kappa shape index (κ2) is 11.5. The van der Waals surface area contributed by atoms with Gasteiger partial charge in [0, 0.05) is 38.8 Å². The van der Waals surface area contributed by atoms with Crippen LogP contribution in [0.1, 0.15) is 23.1 Å². The molecule has 3 aromatic rings. The molecule has 1 aliphatic heterocycles. The van der Waals surface area contributed by atoms with Crippen molar-refractivity contribution in [1.82, 2.24) is 14.7 Å². The van der Waals surface area contributed by atoms with Crippen molar-refractivity contribution in [2.45, 2.75) is 39.0 Å². The van der Waals surface area contributed by atoms with E-state index in [0.29, 0.717) is 26.3 Å². The predicted molar refractivity (Wildman–Crippen MR) is 131 cm³/mol. The zero-order valence-electron chi connectivity index (χ0n) is 20.2. The molecule has 0 saturated carbocycles. The Labute approximate surface area is 201 Å². The number of β-amino-alcohol motifs (C(OH)–C–C–N with tert-alkyl or cyclic N) is 1. The van der Waals surface area contributed by atoms with Gasteiger partial charge in [0.2, 0.25) is 0 Å². The number of nitrogens with zero attached hydrogens (tertiary/aromatic N) is 3. The lowest BCUT2D eigenvalue weighted by molar-refractivity contribution is -0.0646. The molecule has 0 amide bonds. The summed E-state index contributed by atoms with van der Waals surface area (Å²) in [6, 6.07) is 16.0. The summed E-state index contributed by atoms with van der Waals surface area (Å²) in [5, 5.41) is 15.5. The molecule has 0 spiro atoms. The molecule has 1 aliphatic rings. The highest BCUT2D eigenvalue weighted by Crippen LogP contribution is 2.21. The molecule has 1 atom stereocenters. The van der Waals surface area contributed by atoms with Gasteiger partial charge in [0.05, 0.1) is 26.0 Å². The molecule has 2 heterocycles. The summed E-state index contributed by atoms with van der Waals surface area (Å²) in [7, 11) is 0. The first-order valence-electron chi connectivity index (χ1n) is 11.9. The van der Waals surface area contributed by atoms with Gasteiger partial charge in [0.25, 0.3) is 0 Å². The van der Waals surface area contributed by atoms with Gasteiger partial charge in [-0.3, -0.25) is 9.58 Å². The zero-order chi connectivity index (χ0) is 23.8. The first-order chi connectivity index (χ1) is 16.5. The number of hydrogen-bond acceptors (Lipinski definition) is 6. The summed E-state index contributed by atoms with van der Waals surface area (Å²) in [5.41, 5.74) is 2.37. The highest BCUT2D eigenvalue weighted by Gasteiger charge is 2.33. The second-order valence-electron chi connectivity index (χ2n) is 9.22. The summed E-state index contributed by atoms with van der Waals surface area (Å²) in [5.74, 6) is 1.62. The van der Waals surface area contributed by atoms with Crippen LogP contribution in [0.3, 0.4) is 0 Å². The molecule has 0 bridgehead atoms. The zero-order valence-corrected chi connectivity index (χ0v) is 20.2. The normalized spacial score (nSPS) is 19.0. The molecule has 0 radical (unpaired) electrons. The van der Waals surface area contributed by atoms with E-state index in [9.17, 15) is 5.11 Å². The van der Waals surface area contributed by atoms with Crippen molar-refractivity contribution in [3.63, 3.8) is 0 Å². The van der Waals surface area contributed by atoms with Crippen LogP contribution >= 0.6 is 0 Å². The average Bonchev–Trinajstić information content (AvgIpc) is 3.14. The van der Waals surface area contributed by atoms with E-state index in [2.05, 4.69) is 22.1 Å². The fourth-order valence-corrected chi connectivity index (χ4v) is 4.14. The van der Waals surface area contributed by atoms with Crippen LogP contribution in [0.15, 0.2) is 60.9 Å². The van der Waals surface area contributed by atoms with Crippen LogP contribution in [0, 0.1) is 13.8 Å². The Kier molecular flexibility index (Phi) is 8.21. The van der Waals surface area contributed by atoms with E-state index in [4.69, 9.17) is 14.2 Å². The summed E-state index contributed by atoms with van der Waals surface area (Å²) in [6.45, 7) is 8.50. The maximum Gasteiger partial charge on any atom is 0.134 e. The summed E-state index contributed by atoms with van der Waals surface area (Å²) in [4.78, 5) is 2.21. The summed E-state index contributed by atoms with van der Waals surface area (Å²) >= 11 is 0. The van der Waals surface area contributed by atoms with Gasteiger partial charge < -0.3 is 19.3 Å². The molecule has 7 nitrogen and oxygen atoms in total. The highest BCUT2D eigenvalue weighted by atomic mass is 16.5. The van der Waals surface area contributed by atoms with Crippen molar-refractivity contribution in [2.24, 2.45) is 0 Å². The number of hydrogen-bond donors (Lipinski definition) is 1.